The van der Waals surface area contributed by atoms with Crippen LogP contribution in [0, 0.1) is 12.3 Å². The number of ether oxygens (including phenoxy) is 2. The molecule has 0 unspecified atom stereocenters. The Labute approximate surface area is 140 Å². The summed E-state index contributed by atoms with van der Waals surface area (Å²) in [6.45, 7) is 2.24. The number of hydrogen-bond acceptors (Lipinski definition) is 4. The average Bonchev–Trinajstić information content (AvgIpc) is 2.61. The average molecular weight is 323 g/mol. The third-order valence-electron chi connectivity index (χ3n) is 3.09. The van der Waals surface area contributed by atoms with Gasteiger partial charge in [0.2, 0.25) is 0 Å². The second-order valence-corrected chi connectivity index (χ2v) is 4.77. The van der Waals surface area contributed by atoms with Gasteiger partial charge in [-0.1, -0.05) is 5.92 Å². The standard InChI is InChI=1S/C19H17NO4/c1-3-13-24-17-11-7-14(8-12-17)18(21)20-16-9-5-15(6-10-16)19(22)23-4-2/h1,5-12H,4,13H2,2H3,(H,20,21). The molecule has 1 amide bonds. The molecule has 5 heteroatoms. The van der Waals surface area contributed by atoms with Crippen LogP contribution in [-0.2, 0) is 4.74 Å². The Bertz CT molecular complexity index is 742. The Morgan fingerprint density at radius 1 is 1.04 bits per heavy atom. The van der Waals surface area contributed by atoms with E-state index in [1.54, 1.807) is 55.5 Å². The van der Waals surface area contributed by atoms with E-state index in [0.29, 0.717) is 29.2 Å². The summed E-state index contributed by atoms with van der Waals surface area (Å²) in [5.74, 6) is 2.32. The molecule has 0 aliphatic rings. The summed E-state index contributed by atoms with van der Waals surface area (Å²) in [6.07, 6.45) is 5.12. The zero-order chi connectivity index (χ0) is 17.4. The highest BCUT2D eigenvalue weighted by Gasteiger charge is 2.09. The number of terminal acetylenes is 1. The molecule has 0 aliphatic carbocycles. The molecule has 5 nitrogen and oxygen atoms in total. The van der Waals surface area contributed by atoms with Crippen molar-refractivity contribution in [1.29, 1.82) is 0 Å². The van der Waals surface area contributed by atoms with Crippen LogP contribution in [0.3, 0.4) is 0 Å². The highest BCUT2D eigenvalue weighted by atomic mass is 16.5. The summed E-state index contributed by atoms with van der Waals surface area (Å²) >= 11 is 0. The minimum atomic E-state index is -0.391. The predicted octanol–water partition coefficient (Wildman–Crippen LogP) is 3.13. The van der Waals surface area contributed by atoms with Crippen molar-refractivity contribution in [1.82, 2.24) is 0 Å². The number of benzene rings is 2. The first-order chi connectivity index (χ1) is 11.6. The van der Waals surface area contributed by atoms with Crippen molar-refractivity contribution in [2.75, 3.05) is 18.5 Å². The number of esters is 1. The lowest BCUT2D eigenvalue weighted by molar-refractivity contribution is 0.0526. The van der Waals surface area contributed by atoms with E-state index >= 15 is 0 Å². The van der Waals surface area contributed by atoms with Crippen LogP contribution in [0.15, 0.2) is 48.5 Å². The lowest BCUT2D eigenvalue weighted by Crippen LogP contribution is -2.12. The van der Waals surface area contributed by atoms with Crippen molar-refractivity contribution in [3.63, 3.8) is 0 Å². The monoisotopic (exact) mass is 323 g/mol. The van der Waals surface area contributed by atoms with Crippen LogP contribution in [0.5, 0.6) is 5.75 Å². The number of anilines is 1. The fourth-order valence-corrected chi connectivity index (χ4v) is 1.93. The Morgan fingerprint density at radius 3 is 2.25 bits per heavy atom. The lowest BCUT2D eigenvalue weighted by atomic mass is 10.1. The molecule has 0 aliphatic heterocycles. The fourth-order valence-electron chi connectivity index (χ4n) is 1.93. The largest absolute Gasteiger partial charge is 0.481 e. The lowest BCUT2D eigenvalue weighted by Gasteiger charge is -2.07. The van der Waals surface area contributed by atoms with Gasteiger partial charge in [0.25, 0.3) is 5.91 Å². The molecule has 0 atom stereocenters. The van der Waals surface area contributed by atoms with Gasteiger partial charge in [0.1, 0.15) is 12.4 Å². The summed E-state index contributed by atoms with van der Waals surface area (Å²) < 4.78 is 10.2. The van der Waals surface area contributed by atoms with Crippen LogP contribution >= 0.6 is 0 Å². The molecule has 0 spiro atoms. The van der Waals surface area contributed by atoms with Crippen LogP contribution in [0.2, 0.25) is 0 Å². The molecule has 2 aromatic carbocycles. The molecule has 0 saturated carbocycles. The second-order valence-electron chi connectivity index (χ2n) is 4.77. The SMILES string of the molecule is C#CCOc1ccc(C(=O)Nc2ccc(C(=O)OCC)cc2)cc1. The van der Waals surface area contributed by atoms with E-state index < -0.39 is 5.97 Å². The maximum absolute atomic E-state index is 12.2. The first-order valence-electron chi connectivity index (χ1n) is 7.39. The van der Waals surface area contributed by atoms with Crippen molar-refractivity contribution >= 4 is 17.6 Å². The molecule has 0 fully saturated rings. The summed E-state index contributed by atoms with van der Waals surface area (Å²) in [7, 11) is 0. The molecule has 0 aromatic heterocycles. The van der Waals surface area contributed by atoms with Crippen molar-refractivity contribution in [2.45, 2.75) is 6.92 Å². The first kappa shape index (κ1) is 17.1. The zero-order valence-corrected chi connectivity index (χ0v) is 13.2. The minimum Gasteiger partial charge on any atom is -0.481 e. The summed E-state index contributed by atoms with van der Waals surface area (Å²) in [6, 6.07) is 13.1. The van der Waals surface area contributed by atoms with E-state index in [-0.39, 0.29) is 12.5 Å². The third kappa shape index (κ3) is 4.62. The molecule has 24 heavy (non-hydrogen) atoms. The Balaban J connectivity index is 1.99. The zero-order valence-electron chi connectivity index (χ0n) is 13.2. The molecule has 0 heterocycles. The van der Waals surface area contributed by atoms with Crippen LogP contribution < -0.4 is 10.1 Å². The smallest absolute Gasteiger partial charge is 0.338 e. The molecule has 0 saturated heterocycles. The highest BCUT2D eigenvalue weighted by Crippen LogP contribution is 2.15. The van der Waals surface area contributed by atoms with Gasteiger partial charge in [-0.15, -0.1) is 6.42 Å². The molecule has 122 valence electrons. The fraction of sp³-hybridized carbons (Fsp3) is 0.158. The van der Waals surface area contributed by atoms with Gasteiger partial charge in [-0.05, 0) is 55.5 Å². The number of rotatable bonds is 6. The van der Waals surface area contributed by atoms with Gasteiger partial charge < -0.3 is 14.8 Å². The van der Waals surface area contributed by atoms with Crippen molar-refractivity contribution in [3.05, 3.63) is 59.7 Å². The molecule has 0 radical (unpaired) electrons. The van der Waals surface area contributed by atoms with Gasteiger partial charge in [-0.25, -0.2) is 4.79 Å². The van der Waals surface area contributed by atoms with Crippen LogP contribution in [0.1, 0.15) is 27.6 Å². The quantitative estimate of drug-likeness (QED) is 0.655. The van der Waals surface area contributed by atoms with Gasteiger partial charge in [-0.3, -0.25) is 4.79 Å². The van der Waals surface area contributed by atoms with Gasteiger partial charge in [0.15, 0.2) is 0 Å². The Kier molecular flexibility index (Phi) is 5.98. The summed E-state index contributed by atoms with van der Waals surface area (Å²) in [4.78, 5) is 23.8. The number of hydrogen-bond donors (Lipinski definition) is 1. The van der Waals surface area contributed by atoms with Gasteiger partial charge in [0.05, 0.1) is 12.2 Å². The van der Waals surface area contributed by atoms with Crippen LogP contribution in [-0.4, -0.2) is 25.1 Å². The number of nitrogens with one attached hydrogen (secondary N) is 1. The second kappa shape index (κ2) is 8.39. The molecular formula is C19H17NO4. The van der Waals surface area contributed by atoms with Crippen LogP contribution in [0.25, 0.3) is 0 Å². The van der Waals surface area contributed by atoms with E-state index in [4.69, 9.17) is 15.9 Å². The number of carbonyl (C=O) groups excluding carboxylic acids is 2. The summed E-state index contributed by atoms with van der Waals surface area (Å²) in [5, 5.41) is 2.75. The number of carbonyl (C=O) groups is 2. The Morgan fingerprint density at radius 2 is 1.67 bits per heavy atom. The van der Waals surface area contributed by atoms with E-state index in [1.807, 2.05) is 0 Å². The van der Waals surface area contributed by atoms with E-state index in [0.717, 1.165) is 0 Å². The normalized spacial score (nSPS) is 9.67. The molecule has 2 rings (SSSR count). The highest BCUT2D eigenvalue weighted by molar-refractivity contribution is 6.04. The molecule has 2 aromatic rings. The van der Waals surface area contributed by atoms with Crippen molar-refractivity contribution in [3.8, 4) is 18.1 Å². The van der Waals surface area contributed by atoms with Crippen LogP contribution in [0.4, 0.5) is 5.69 Å². The maximum Gasteiger partial charge on any atom is 0.338 e. The van der Waals surface area contributed by atoms with E-state index in [2.05, 4.69) is 11.2 Å². The van der Waals surface area contributed by atoms with Crippen molar-refractivity contribution < 1.29 is 19.1 Å². The predicted molar refractivity (Wildman–Crippen MR) is 91.1 cm³/mol. The van der Waals surface area contributed by atoms with Gasteiger partial charge in [0, 0.05) is 11.3 Å². The summed E-state index contributed by atoms with van der Waals surface area (Å²) in [5.41, 5.74) is 1.50. The molecule has 1 N–H and O–H groups in total. The Hall–Kier alpha value is -3.26. The van der Waals surface area contributed by atoms with Gasteiger partial charge in [-0.2, -0.15) is 0 Å². The molecule has 0 bridgehead atoms. The molecular weight excluding hydrogens is 306 g/mol. The minimum absolute atomic E-state index is 0.179. The van der Waals surface area contributed by atoms with E-state index in [9.17, 15) is 9.59 Å². The number of amides is 1. The topological polar surface area (TPSA) is 64.6 Å². The maximum atomic E-state index is 12.2. The van der Waals surface area contributed by atoms with Crippen molar-refractivity contribution in [2.24, 2.45) is 0 Å². The van der Waals surface area contributed by atoms with Gasteiger partial charge >= 0.3 is 5.97 Å². The van der Waals surface area contributed by atoms with E-state index in [1.165, 1.54) is 0 Å². The third-order valence-corrected chi connectivity index (χ3v) is 3.09. The first-order valence-corrected chi connectivity index (χ1v) is 7.39.